The monoisotopic (exact) mass is 310 g/mol. The Labute approximate surface area is 129 Å². The van der Waals surface area contributed by atoms with Crippen LogP contribution in [0.2, 0.25) is 0 Å². The second-order valence-electron chi connectivity index (χ2n) is 5.58. The molecule has 0 spiro atoms. The highest BCUT2D eigenvalue weighted by atomic mass is 32.2. The number of nitrogens with zero attached hydrogens (tertiary/aromatic N) is 1. The van der Waals surface area contributed by atoms with Crippen molar-refractivity contribution in [3.05, 3.63) is 48.6 Å². The lowest BCUT2D eigenvalue weighted by Gasteiger charge is -2.34. The summed E-state index contributed by atoms with van der Waals surface area (Å²) in [5, 5.41) is 0. The molecule has 1 aromatic rings. The summed E-state index contributed by atoms with van der Waals surface area (Å²) in [6.45, 7) is 12.4. The van der Waals surface area contributed by atoms with E-state index in [9.17, 15) is 8.42 Å². The zero-order valence-corrected chi connectivity index (χ0v) is 14.2. The molecule has 0 radical (unpaired) electrons. The SMILES string of the molecule is C=CC(C)(C)C(NS(=O)(=O)N(CC)CC)c1ccccc1. The molecule has 1 rings (SSSR count). The van der Waals surface area contributed by atoms with Gasteiger partial charge in [-0.2, -0.15) is 17.4 Å². The number of rotatable bonds is 8. The van der Waals surface area contributed by atoms with Crippen molar-refractivity contribution in [2.24, 2.45) is 5.41 Å². The maximum atomic E-state index is 12.5. The standard InChI is InChI=1S/C16H26N2O2S/c1-6-16(4,5)15(14-12-10-9-11-13-14)17-21(19,20)18(7-2)8-3/h6,9-13,15,17H,1,7-8H2,2-5H3. The molecule has 5 heteroatoms. The van der Waals surface area contributed by atoms with Crippen LogP contribution >= 0.6 is 0 Å². The van der Waals surface area contributed by atoms with E-state index in [1.54, 1.807) is 6.08 Å². The minimum atomic E-state index is -3.53. The summed E-state index contributed by atoms with van der Waals surface area (Å²) in [5.74, 6) is 0. The predicted molar refractivity (Wildman–Crippen MR) is 88.1 cm³/mol. The first-order chi connectivity index (χ1) is 9.78. The van der Waals surface area contributed by atoms with Crippen LogP contribution in [0.3, 0.4) is 0 Å². The largest absolute Gasteiger partial charge is 0.280 e. The first-order valence-corrected chi connectivity index (χ1v) is 8.68. The Hall–Kier alpha value is -1.17. The van der Waals surface area contributed by atoms with Crippen LogP contribution in [-0.2, 0) is 10.2 Å². The zero-order valence-electron chi connectivity index (χ0n) is 13.3. The fraction of sp³-hybridized carbons (Fsp3) is 0.500. The van der Waals surface area contributed by atoms with E-state index in [2.05, 4.69) is 11.3 Å². The molecule has 0 aliphatic heterocycles. The normalized spacial score (nSPS) is 14.1. The number of hydrogen-bond donors (Lipinski definition) is 1. The van der Waals surface area contributed by atoms with Crippen molar-refractivity contribution in [2.75, 3.05) is 13.1 Å². The Balaban J connectivity index is 3.19. The van der Waals surface area contributed by atoms with E-state index in [1.807, 2.05) is 58.0 Å². The van der Waals surface area contributed by atoms with Crippen LogP contribution in [0.25, 0.3) is 0 Å². The Morgan fingerprint density at radius 1 is 1.24 bits per heavy atom. The summed E-state index contributed by atoms with van der Waals surface area (Å²) in [4.78, 5) is 0. The summed E-state index contributed by atoms with van der Waals surface area (Å²) in [5.41, 5.74) is 0.528. The molecule has 0 heterocycles. The third-order valence-electron chi connectivity index (χ3n) is 3.72. The molecule has 4 nitrogen and oxygen atoms in total. The number of nitrogens with one attached hydrogen (secondary N) is 1. The number of benzene rings is 1. The quantitative estimate of drug-likeness (QED) is 0.750. The van der Waals surface area contributed by atoms with Gasteiger partial charge in [-0.05, 0) is 5.56 Å². The van der Waals surface area contributed by atoms with E-state index >= 15 is 0 Å². The Kier molecular flexibility index (Phi) is 6.13. The van der Waals surface area contributed by atoms with Crippen LogP contribution in [-0.4, -0.2) is 25.8 Å². The van der Waals surface area contributed by atoms with Crippen LogP contribution < -0.4 is 4.72 Å². The van der Waals surface area contributed by atoms with E-state index in [0.29, 0.717) is 13.1 Å². The first-order valence-electron chi connectivity index (χ1n) is 7.24. The highest BCUT2D eigenvalue weighted by Crippen LogP contribution is 2.35. The summed E-state index contributed by atoms with van der Waals surface area (Å²) in [6, 6.07) is 9.24. The van der Waals surface area contributed by atoms with Crippen LogP contribution in [0.5, 0.6) is 0 Å². The van der Waals surface area contributed by atoms with Crippen LogP contribution in [0.1, 0.15) is 39.3 Å². The Morgan fingerprint density at radius 3 is 2.19 bits per heavy atom. The highest BCUT2D eigenvalue weighted by Gasteiger charge is 2.33. The Bertz CT molecular complexity index is 549. The van der Waals surface area contributed by atoms with Gasteiger partial charge in [0.1, 0.15) is 0 Å². The van der Waals surface area contributed by atoms with Crippen LogP contribution in [0.15, 0.2) is 43.0 Å². The fourth-order valence-electron chi connectivity index (χ4n) is 2.20. The van der Waals surface area contributed by atoms with Gasteiger partial charge in [0.15, 0.2) is 0 Å². The molecule has 0 aliphatic carbocycles. The molecule has 118 valence electrons. The lowest BCUT2D eigenvalue weighted by molar-refractivity contribution is 0.338. The van der Waals surface area contributed by atoms with E-state index in [1.165, 1.54) is 4.31 Å². The van der Waals surface area contributed by atoms with Gasteiger partial charge in [-0.3, -0.25) is 0 Å². The van der Waals surface area contributed by atoms with E-state index in [4.69, 9.17) is 0 Å². The lowest BCUT2D eigenvalue weighted by atomic mass is 9.81. The molecule has 0 bridgehead atoms. The van der Waals surface area contributed by atoms with Crippen LogP contribution in [0, 0.1) is 5.41 Å². The highest BCUT2D eigenvalue weighted by molar-refractivity contribution is 7.87. The second kappa shape index (κ2) is 7.20. The van der Waals surface area contributed by atoms with Gasteiger partial charge in [-0.1, -0.05) is 64.1 Å². The molecule has 0 aromatic heterocycles. The van der Waals surface area contributed by atoms with Crippen molar-refractivity contribution in [1.29, 1.82) is 0 Å². The smallest absolute Gasteiger partial charge is 0.195 e. The minimum absolute atomic E-state index is 0.359. The topological polar surface area (TPSA) is 49.4 Å². The first kappa shape index (κ1) is 17.9. The Morgan fingerprint density at radius 2 is 1.76 bits per heavy atom. The maximum Gasteiger partial charge on any atom is 0.280 e. The molecule has 0 saturated carbocycles. The van der Waals surface area contributed by atoms with Gasteiger partial charge < -0.3 is 0 Å². The molecule has 21 heavy (non-hydrogen) atoms. The van der Waals surface area contributed by atoms with Gasteiger partial charge in [-0.15, -0.1) is 6.58 Å². The van der Waals surface area contributed by atoms with Gasteiger partial charge in [0, 0.05) is 18.5 Å². The maximum absolute atomic E-state index is 12.5. The third-order valence-corrected chi connectivity index (χ3v) is 5.44. The van der Waals surface area contributed by atoms with Gasteiger partial charge >= 0.3 is 0 Å². The summed E-state index contributed by atoms with van der Waals surface area (Å²) < 4.78 is 29.3. The molecule has 1 unspecified atom stereocenters. The molecule has 0 amide bonds. The molecule has 1 N–H and O–H groups in total. The lowest BCUT2D eigenvalue weighted by Crippen LogP contribution is -2.45. The molecule has 0 saturated heterocycles. The molecule has 0 fully saturated rings. The minimum Gasteiger partial charge on any atom is -0.195 e. The molecule has 1 atom stereocenters. The van der Waals surface area contributed by atoms with Crippen molar-refractivity contribution in [3.63, 3.8) is 0 Å². The summed E-state index contributed by atoms with van der Waals surface area (Å²) in [6.07, 6.45) is 1.79. The van der Waals surface area contributed by atoms with Gasteiger partial charge in [0.05, 0.1) is 6.04 Å². The molecular formula is C16H26N2O2S. The predicted octanol–water partition coefficient (Wildman–Crippen LogP) is 3.12. The van der Waals surface area contributed by atoms with Gasteiger partial charge in [-0.25, -0.2) is 0 Å². The second-order valence-corrected chi connectivity index (χ2v) is 7.28. The zero-order chi connectivity index (χ0) is 16.1. The molecule has 0 aliphatic rings. The van der Waals surface area contributed by atoms with E-state index in [-0.39, 0.29) is 6.04 Å². The van der Waals surface area contributed by atoms with Crippen molar-refractivity contribution in [3.8, 4) is 0 Å². The van der Waals surface area contributed by atoms with Crippen molar-refractivity contribution in [1.82, 2.24) is 9.03 Å². The summed E-state index contributed by atoms with van der Waals surface area (Å²) >= 11 is 0. The number of hydrogen-bond acceptors (Lipinski definition) is 2. The molecule has 1 aromatic carbocycles. The van der Waals surface area contributed by atoms with Crippen LogP contribution in [0.4, 0.5) is 0 Å². The van der Waals surface area contributed by atoms with E-state index < -0.39 is 15.6 Å². The van der Waals surface area contributed by atoms with Gasteiger partial charge in [0.25, 0.3) is 10.2 Å². The fourth-order valence-corrected chi connectivity index (χ4v) is 3.77. The third kappa shape index (κ3) is 4.40. The van der Waals surface area contributed by atoms with Crippen molar-refractivity contribution in [2.45, 2.75) is 33.7 Å². The van der Waals surface area contributed by atoms with E-state index in [0.717, 1.165) is 5.56 Å². The van der Waals surface area contributed by atoms with Gasteiger partial charge in [0.2, 0.25) is 0 Å². The molecular weight excluding hydrogens is 284 g/mol. The average Bonchev–Trinajstić information content (AvgIpc) is 2.46. The van der Waals surface area contributed by atoms with Crippen molar-refractivity contribution < 1.29 is 8.42 Å². The van der Waals surface area contributed by atoms with Crippen molar-refractivity contribution >= 4 is 10.2 Å². The summed E-state index contributed by atoms with van der Waals surface area (Å²) in [7, 11) is -3.53. The average molecular weight is 310 g/mol.